The molecule has 170 valence electrons. The molecule has 0 aliphatic carbocycles. The summed E-state index contributed by atoms with van der Waals surface area (Å²) in [5.74, 6) is -0.592. The van der Waals surface area contributed by atoms with E-state index in [0.29, 0.717) is 47.8 Å². The standard InChI is InChI=1S/C23H21ClFN5O3/c1-14-23(32)33-10-9-30(14)8-2-3-21(31)28-15-5-7-20-17(11-15)22(27-13-26-20)29-16-4-6-19(25)18(24)12-16/h2-7,11-14H,8-10H2,1H3,(H,28,31)(H,26,27,29). The van der Waals surface area contributed by atoms with Crippen molar-refractivity contribution in [1.82, 2.24) is 14.9 Å². The summed E-state index contributed by atoms with van der Waals surface area (Å²) >= 11 is 5.86. The Morgan fingerprint density at radius 2 is 2.09 bits per heavy atom. The first kappa shape index (κ1) is 22.6. The molecule has 2 aromatic carbocycles. The zero-order valence-corrected chi connectivity index (χ0v) is 18.5. The average molecular weight is 470 g/mol. The van der Waals surface area contributed by atoms with Crippen LogP contribution >= 0.6 is 11.6 Å². The molecule has 33 heavy (non-hydrogen) atoms. The zero-order valence-electron chi connectivity index (χ0n) is 17.7. The Morgan fingerprint density at radius 1 is 1.27 bits per heavy atom. The van der Waals surface area contributed by atoms with E-state index in [1.807, 2.05) is 4.90 Å². The minimum absolute atomic E-state index is 0.00561. The SMILES string of the molecule is CC1C(=O)OCCN1CC=CC(=O)Nc1ccc2ncnc(Nc3ccc(F)c(Cl)c3)c2c1. The lowest BCUT2D eigenvalue weighted by Crippen LogP contribution is -2.47. The van der Waals surface area contributed by atoms with Gasteiger partial charge in [-0.15, -0.1) is 0 Å². The summed E-state index contributed by atoms with van der Waals surface area (Å²) in [6.45, 7) is 3.21. The molecule has 3 aromatic rings. The molecule has 1 aliphatic heterocycles. The van der Waals surface area contributed by atoms with Crippen molar-refractivity contribution in [3.8, 4) is 0 Å². The molecule has 2 heterocycles. The second-order valence-electron chi connectivity index (χ2n) is 7.44. The van der Waals surface area contributed by atoms with E-state index < -0.39 is 5.82 Å². The highest BCUT2D eigenvalue weighted by Gasteiger charge is 2.26. The molecule has 8 nitrogen and oxygen atoms in total. The zero-order chi connectivity index (χ0) is 23.4. The number of carbonyl (C=O) groups is 2. The highest BCUT2D eigenvalue weighted by molar-refractivity contribution is 6.31. The lowest BCUT2D eigenvalue weighted by molar-refractivity contribution is -0.155. The van der Waals surface area contributed by atoms with E-state index in [1.165, 1.54) is 24.5 Å². The first-order valence-electron chi connectivity index (χ1n) is 10.3. The van der Waals surface area contributed by atoms with Crippen LogP contribution in [0.1, 0.15) is 6.92 Å². The van der Waals surface area contributed by atoms with Crippen molar-refractivity contribution in [2.75, 3.05) is 30.3 Å². The van der Waals surface area contributed by atoms with E-state index in [9.17, 15) is 14.0 Å². The minimum atomic E-state index is -0.512. The van der Waals surface area contributed by atoms with Gasteiger partial charge in [-0.25, -0.2) is 14.4 Å². The van der Waals surface area contributed by atoms with E-state index in [-0.39, 0.29) is 22.9 Å². The predicted molar refractivity (Wildman–Crippen MR) is 124 cm³/mol. The number of hydrogen-bond acceptors (Lipinski definition) is 7. The van der Waals surface area contributed by atoms with Gasteiger partial charge in [-0.3, -0.25) is 14.5 Å². The number of carbonyl (C=O) groups excluding carboxylic acids is 2. The van der Waals surface area contributed by atoms with Gasteiger partial charge in [0.05, 0.1) is 10.5 Å². The number of ether oxygens (including phenoxy) is 1. The van der Waals surface area contributed by atoms with Crippen LogP contribution in [0.2, 0.25) is 5.02 Å². The number of aromatic nitrogens is 2. The monoisotopic (exact) mass is 469 g/mol. The van der Waals surface area contributed by atoms with Gasteiger partial charge >= 0.3 is 5.97 Å². The number of cyclic esters (lactones) is 1. The summed E-state index contributed by atoms with van der Waals surface area (Å²) in [5.41, 5.74) is 1.79. The quantitative estimate of drug-likeness (QED) is 0.417. The van der Waals surface area contributed by atoms with E-state index in [1.54, 1.807) is 37.3 Å². The van der Waals surface area contributed by atoms with Crippen LogP contribution in [0.3, 0.4) is 0 Å². The molecular weight excluding hydrogens is 449 g/mol. The van der Waals surface area contributed by atoms with Crippen LogP contribution in [0, 0.1) is 5.82 Å². The summed E-state index contributed by atoms with van der Waals surface area (Å²) < 4.78 is 18.4. The number of benzene rings is 2. The fourth-order valence-corrected chi connectivity index (χ4v) is 3.58. The average Bonchev–Trinajstić information content (AvgIpc) is 2.79. The number of nitrogens with one attached hydrogen (secondary N) is 2. The van der Waals surface area contributed by atoms with Gasteiger partial charge in [-0.05, 0) is 43.3 Å². The van der Waals surface area contributed by atoms with Gasteiger partial charge in [0.15, 0.2) is 0 Å². The van der Waals surface area contributed by atoms with Crippen molar-refractivity contribution in [1.29, 1.82) is 0 Å². The van der Waals surface area contributed by atoms with Crippen LogP contribution < -0.4 is 10.6 Å². The van der Waals surface area contributed by atoms with Crippen LogP contribution in [-0.2, 0) is 14.3 Å². The Hall–Kier alpha value is -3.56. The first-order chi connectivity index (χ1) is 15.9. The normalized spacial score (nSPS) is 16.7. The van der Waals surface area contributed by atoms with Gasteiger partial charge in [-0.2, -0.15) is 0 Å². The van der Waals surface area contributed by atoms with Gasteiger partial charge in [0.1, 0.15) is 30.6 Å². The summed E-state index contributed by atoms with van der Waals surface area (Å²) in [6.07, 6.45) is 4.55. The first-order valence-corrected chi connectivity index (χ1v) is 10.6. The van der Waals surface area contributed by atoms with E-state index >= 15 is 0 Å². The van der Waals surface area contributed by atoms with Crippen molar-refractivity contribution in [3.05, 3.63) is 65.7 Å². The number of morpholine rings is 1. The number of halogens is 2. The van der Waals surface area contributed by atoms with Crippen molar-refractivity contribution in [2.24, 2.45) is 0 Å². The molecule has 1 aromatic heterocycles. The van der Waals surface area contributed by atoms with Crippen molar-refractivity contribution in [2.45, 2.75) is 13.0 Å². The Labute approximate surface area is 194 Å². The molecule has 1 aliphatic rings. The fraction of sp³-hybridized carbons (Fsp3) is 0.217. The van der Waals surface area contributed by atoms with Gasteiger partial charge in [0.2, 0.25) is 5.91 Å². The maximum absolute atomic E-state index is 13.4. The maximum atomic E-state index is 13.4. The van der Waals surface area contributed by atoms with E-state index in [0.717, 1.165) is 0 Å². The van der Waals surface area contributed by atoms with Crippen molar-refractivity contribution in [3.63, 3.8) is 0 Å². The van der Waals surface area contributed by atoms with Gasteiger partial charge in [0, 0.05) is 35.9 Å². The smallest absolute Gasteiger partial charge is 0.323 e. The van der Waals surface area contributed by atoms with E-state index in [4.69, 9.17) is 16.3 Å². The number of nitrogens with zero attached hydrogens (tertiary/aromatic N) is 3. The molecule has 1 saturated heterocycles. The van der Waals surface area contributed by atoms with Gasteiger partial charge in [0.25, 0.3) is 0 Å². The number of anilines is 3. The highest BCUT2D eigenvalue weighted by Crippen LogP contribution is 2.27. The van der Waals surface area contributed by atoms with Gasteiger partial charge < -0.3 is 15.4 Å². The molecule has 0 saturated carbocycles. The van der Waals surface area contributed by atoms with Crippen LogP contribution in [0.15, 0.2) is 54.9 Å². The molecule has 10 heteroatoms. The van der Waals surface area contributed by atoms with Crippen LogP contribution in [0.25, 0.3) is 10.9 Å². The Morgan fingerprint density at radius 3 is 2.91 bits per heavy atom. The maximum Gasteiger partial charge on any atom is 0.323 e. The van der Waals surface area contributed by atoms with Crippen LogP contribution in [0.5, 0.6) is 0 Å². The number of hydrogen-bond donors (Lipinski definition) is 2. The lowest BCUT2D eigenvalue weighted by atomic mass is 10.2. The third-order valence-corrected chi connectivity index (χ3v) is 5.50. The molecule has 1 atom stereocenters. The summed E-state index contributed by atoms with van der Waals surface area (Å²) in [5, 5.41) is 6.57. The molecule has 1 fully saturated rings. The van der Waals surface area contributed by atoms with Crippen molar-refractivity contribution >= 4 is 51.6 Å². The van der Waals surface area contributed by atoms with Gasteiger partial charge in [-0.1, -0.05) is 17.7 Å². The fourth-order valence-electron chi connectivity index (χ4n) is 3.40. The van der Waals surface area contributed by atoms with Crippen molar-refractivity contribution < 1.29 is 18.7 Å². The molecular formula is C23H21ClFN5O3. The molecule has 0 bridgehead atoms. The van der Waals surface area contributed by atoms with E-state index in [2.05, 4.69) is 20.6 Å². The molecule has 4 rings (SSSR count). The number of amides is 1. The summed E-state index contributed by atoms with van der Waals surface area (Å²) in [4.78, 5) is 34.4. The minimum Gasteiger partial charge on any atom is -0.463 e. The topological polar surface area (TPSA) is 96.5 Å². The summed E-state index contributed by atoms with van der Waals surface area (Å²) in [6, 6.07) is 9.19. The van der Waals surface area contributed by atoms with Crippen LogP contribution in [0.4, 0.5) is 21.6 Å². The molecule has 0 radical (unpaired) electrons. The molecule has 1 unspecified atom stereocenters. The number of esters is 1. The Bertz CT molecular complexity index is 1240. The highest BCUT2D eigenvalue weighted by atomic mass is 35.5. The Kier molecular flexibility index (Phi) is 6.81. The molecule has 1 amide bonds. The predicted octanol–water partition coefficient (Wildman–Crippen LogP) is 3.91. The molecule has 2 N–H and O–H groups in total. The summed E-state index contributed by atoms with van der Waals surface area (Å²) in [7, 11) is 0. The third kappa shape index (κ3) is 5.44. The molecule has 0 spiro atoms. The second-order valence-corrected chi connectivity index (χ2v) is 7.85. The van der Waals surface area contributed by atoms with Crippen LogP contribution in [-0.4, -0.2) is 52.5 Å². The number of fused-ring (bicyclic) bond motifs is 1. The number of rotatable bonds is 6. The Balaban J connectivity index is 1.45. The second kappa shape index (κ2) is 9.93. The third-order valence-electron chi connectivity index (χ3n) is 5.21. The lowest BCUT2D eigenvalue weighted by Gasteiger charge is -2.30. The largest absolute Gasteiger partial charge is 0.463 e.